The Bertz CT molecular complexity index is 1200. The third-order valence-corrected chi connectivity index (χ3v) is 7.45. The largest absolute Gasteiger partial charge is 0.477 e. The van der Waals surface area contributed by atoms with Crippen LogP contribution in [0.1, 0.15) is 35.3 Å². The van der Waals surface area contributed by atoms with Gasteiger partial charge >= 0.3 is 5.97 Å². The number of ether oxygens (including phenoxy) is 1. The number of carbonyl (C=O) groups is 2. The second-order valence-electron chi connectivity index (χ2n) is 10.0. The number of nitrogens with two attached hydrogens (primary N) is 1. The van der Waals surface area contributed by atoms with E-state index in [0.717, 1.165) is 80.0 Å². The van der Waals surface area contributed by atoms with Gasteiger partial charge in [-0.2, -0.15) is 0 Å². The van der Waals surface area contributed by atoms with Gasteiger partial charge in [0, 0.05) is 69.4 Å². The minimum absolute atomic E-state index is 0.323. The molecular weight excluding hydrogens is 563 g/mol. The molecule has 4 rings (SSSR count). The molecule has 0 aliphatic carbocycles. The lowest BCUT2D eigenvalue weighted by Crippen LogP contribution is -2.46. The number of aliphatic hydroxyl groups excluding tert-OH is 1. The number of hydrogen-bond donors (Lipinski definition) is 3. The highest BCUT2D eigenvalue weighted by Crippen LogP contribution is 2.20. The summed E-state index contributed by atoms with van der Waals surface area (Å²) in [5, 5.41) is 11.5. The number of aliphatic hydroxyl groups is 1. The van der Waals surface area contributed by atoms with Gasteiger partial charge in [0.1, 0.15) is 18.1 Å². The maximum absolute atomic E-state index is 10.7. The van der Waals surface area contributed by atoms with Crippen LogP contribution in [-0.2, 0) is 16.1 Å². The highest BCUT2D eigenvalue weighted by molar-refractivity contribution is 7.32. The lowest BCUT2D eigenvalue weighted by Gasteiger charge is -2.34. The standard InChI is InChI=1S/C20H25N2O2P.C8H12N2.C5H10O3/c23-17-19-8-6-18(7-9-19)16-22-12-10-21(11-13-22)14-15-25-24-20-4-2-1-3-5-20;1-6-3-4-7(10-2)5-8(6)9;1-3-8-5(7)4(2)6/h1-9,17,25H,10-16H2;3-5,10H,9H2,1-2H3;4,6H,3H2,1-2H3. The summed E-state index contributed by atoms with van der Waals surface area (Å²) in [5.41, 5.74) is 10.7. The van der Waals surface area contributed by atoms with Crippen molar-refractivity contribution < 1.29 is 24.0 Å². The van der Waals surface area contributed by atoms with E-state index in [2.05, 4.69) is 32.0 Å². The van der Waals surface area contributed by atoms with Crippen molar-refractivity contribution in [1.82, 2.24) is 9.80 Å². The van der Waals surface area contributed by atoms with E-state index in [-0.39, 0.29) is 0 Å². The van der Waals surface area contributed by atoms with Crippen LogP contribution in [0.25, 0.3) is 0 Å². The third kappa shape index (κ3) is 14.5. The fourth-order valence-corrected chi connectivity index (χ4v) is 4.83. The molecule has 1 aliphatic rings. The molecule has 0 saturated carbocycles. The Morgan fingerprint density at radius 2 is 1.70 bits per heavy atom. The van der Waals surface area contributed by atoms with Gasteiger partial charge < -0.3 is 30.3 Å². The summed E-state index contributed by atoms with van der Waals surface area (Å²) in [5.74, 6) is 0.402. The fraction of sp³-hybridized carbons (Fsp3) is 0.394. The molecule has 9 nitrogen and oxygen atoms in total. The molecule has 2 atom stereocenters. The molecular formula is C33H47N4O5P. The van der Waals surface area contributed by atoms with Gasteiger partial charge in [0.05, 0.1) is 15.4 Å². The predicted octanol–water partition coefficient (Wildman–Crippen LogP) is 4.84. The van der Waals surface area contributed by atoms with Crippen molar-refractivity contribution in [2.24, 2.45) is 0 Å². The molecule has 3 aromatic carbocycles. The Labute approximate surface area is 258 Å². The van der Waals surface area contributed by atoms with Crippen molar-refractivity contribution in [3.05, 3.63) is 89.5 Å². The molecule has 1 heterocycles. The summed E-state index contributed by atoms with van der Waals surface area (Å²) in [6.45, 7) is 11.9. The Morgan fingerprint density at radius 1 is 1.05 bits per heavy atom. The van der Waals surface area contributed by atoms with Gasteiger partial charge in [-0.05, 0) is 56.2 Å². The Balaban J connectivity index is 0.000000294. The third-order valence-electron chi connectivity index (χ3n) is 6.65. The van der Waals surface area contributed by atoms with Crippen molar-refractivity contribution in [3.8, 4) is 5.75 Å². The van der Waals surface area contributed by atoms with Crippen LogP contribution < -0.4 is 15.6 Å². The fourth-order valence-electron chi connectivity index (χ4n) is 4.02. The van der Waals surface area contributed by atoms with E-state index in [1.165, 1.54) is 12.5 Å². The molecule has 1 aliphatic heterocycles. The first-order chi connectivity index (χ1) is 20.7. The summed E-state index contributed by atoms with van der Waals surface area (Å²) in [4.78, 5) is 26.0. The monoisotopic (exact) mass is 610 g/mol. The van der Waals surface area contributed by atoms with Crippen LogP contribution in [0.5, 0.6) is 5.75 Å². The van der Waals surface area contributed by atoms with Gasteiger partial charge in [-0.3, -0.25) is 9.69 Å². The van der Waals surface area contributed by atoms with Crippen LogP contribution in [0.15, 0.2) is 72.8 Å². The van der Waals surface area contributed by atoms with Crippen molar-refractivity contribution >= 4 is 32.4 Å². The molecule has 0 spiro atoms. The Hall–Kier alpha value is -3.49. The van der Waals surface area contributed by atoms with Crippen molar-refractivity contribution in [1.29, 1.82) is 0 Å². The molecule has 2 unspecified atom stereocenters. The highest BCUT2D eigenvalue weighted by Gasteiger charge is 2.16. The number of carbonyl (C=O) groups excluding carboxylic acids is 2. The first-order valence-electron chi connectivity index (χ1n) is 14.6. The van der Waals surface area contributed by atoms with E-state index >= 15 is 0 Å². The van der Waals surface area contributed by atoms with Crippen molar-refractivity contribution in [2.75, 3.05) is 63.6 Å². The zero-order valence-electron chi connectivity index (χ0n) is 25.8. The smallest absolute Gasteiger partial charge is 0.334 e. The lowest BCUT2D eigenvalue weighted by atomic mass is 10.1. The second-order valence-corrected chi connectivity index (χ2v) is 11.0. The van der Waals surface area contributed by atoms with Crippen LogP contribution >= 0.6 is 8.81 Å². The molecule has 1 fully saturated rings. The van der Waals surface area contributed by atoms with Gasteiger partial charge in [-0.1, -0.05) is 48.5 Å². The average molecular weight is 611 g/mol. The number of piperazine rings is 1. The van der Waals surface area contributed by atoms with Crippen LogP contribution in [-0.4, -0.2) is 85.8 Å². The van der Waals surface area contributed by atoms with E-state index in [1.807, 2.05) is 74.6 Å². The quantitative estimate of drug-likeness (QED) is 0.0922. The van der Waals surface area contributed by atoms with E-state index < -0.39 is 12.1 Å². The van der Waals surface area contributed by atoms with Crippen LogP contribution in [0.4, 0.5) is 11.4 Å². The predicted molar refractivity (Wildman–Crippen MR) is 177 cm³/mol. The van der Waals surface area contributed by atoms with Gasteiger partial charge in [0.25, 0.3) is 0 Å². The molecule has 43 heavy (non-hydrogen) atoms. The minimum atomic E-state index is -0.991. The first kappa shape index (κ1) is 35.7. The molecule has 3 aromatic rings. The number of benzene rings is 3. The number of nitrogens with one attached hydrogen (secondary N) is 1. The molecule has 0 radical (unpaired) electrons. The summed E-state index contributed by atoms with van der Waals surface area (Å²) >= 11 is 0. The zero-order chi connectivity index (χ0) is 31.5. The number of rotatable bonds is 11. The Morgan fingerprint density at radius 3 is 2.23 bits per heavy atom. The van der Waals surface area contributed by atoms with Gasteiger partial charge in [0.15, 0.2) is 0 Å². The van der Waals surface area contributed by atoms with E-state index in [9.17, 15) is 9.59 Å². The SMILES string of the molecule is CCOC(=O)C(C)O.CNc1ccc(C)c(N)c1.O=Cc1ccc(CN2CCN(CCPOc3ccccc3)CC2)cc1. The number of nitrogens with zero attached hydrogens (tertiary/aromatic N) is 2. The van der Waals surface area contributed by atoms with Crippen LogP contribution in [0, 0.1) is 6.92 Å². The lowest BCUT2D eigenvalue weighted by molar-refractivity contribution is -0.151. The summed E-state index contributed by atoms with van der Waals surface area (Å²) in [6, 6.07) is 23.9. The van der Waals surface area contributed by atoms with Crippen molar-refractivity contribution in [3.63, 3.8) is 0 Å². The average Bonchev–Trinajstić information content (AvgIpc) is 3.03. The highest BCUT2D eigenvalue weighted by atomic mass is 31.1. The topological polar surface area (TPSA) is 117 Å². The molecule has 4 N–H and O–H groups in total. The van der Waals surface area contributed by atoms with Gasteiger partial charge in [0.2, 0.25) is 0 Å². The molecule has 0 aromatic heterocycles. The van der Waals surface area contributed by atoms with E-state index in [1.54, 1.807) is 6.92 Å². The minimum Gasteiger partial charge on any atom is -0.477 e. The maximum Gasteiger partial charge on any atom is 0.334 e. The van der Waals surface area contributed by atoms with E-state index in [4.69, 9.17) is 15.4 Å². The van der Waals surface area contributed by atoms with Crippen LogP contribution in [0.3, 0.4) is 0 Å². The van der Waals surface area contributed by atoms with Gasteiger partial charge in [-0.25, -0.2) is 4.79 Å². The number of anilines is 2. The number of esters is 1. The number of aldehydes is 1. The van der Waals surface area contributed by atoms with Crippen molar-refractivity contribution in [2.45, 2.75) is 33.4 Å². The Kier molecular flexibility index (Phi) is 17.0. The van der Waals surface area contributed by atoms with E-state index in [0.29, 0.717) is 15.4 Å². The summed E-state index contributed by atoms with van der Waals surface area (Å²) < 4.78 is 10.2. The summed E-state index contributed by atoms with van der Waals surface area (Å²) in [7, 11) is 2.40. The zero-order valence-corrected chi connectivity index (χ0v) is 26.8. The number of nitrogen functional groups attached to an aromatic ring is 1. The molecule has 0 amide bonds. The molecule has 0 bridgehead atoms. The second kappa shape index (κ2) is 20.4. The molecule has 1 saturated heterocycles. The number of aryl methyl sites for hydroxylation is 1. The van der Waals surface area contributed by atoms with Crippen LogP contribution in [0.2, 0.25) is 0 Å². The van der Waals surface area contributed by atoms with Gasteiger partial charge in [-0.15, -0.1) is 0 Å². The summed E-state index contributed by atoms with van der Waals surface area (Å²) in [6.07, 6.45) is 0.988. The molecule has 234 valence electrons. The normalized spacial score (nSPS) is 14.1. The number of hydrogen-bond acceptors (Lipinski definition) is 9. The number of para-hydroxylation sites is 1. The molecule has 10 heteroatoms. The first-order valence-corrected chi connectivity index (χ1v) is 15.7. The maximum atomic E-state index is 10.7.